The monoisotopic (exact) mass is 623 g/mol. The molecule has 0 bridgehead atoms. The topological polar surface area (TPSA) is 97.0 Å². The second-order valence-electron chi connectivity index (χ2n) is 9.15. The smallest absolute Gasteiger partial charge is 0.308 e. The average Bonchev–Trinajstić information content (AvgIpc) is 2.96. The Bertz CT molecular complexity index is 1340. The van der Waals surface area contributed by atoms with Crippen LogP contribution in [0.15, 0.2) is 83.3 Å². The molecule has 0 radical (unpaired) electrons. The van der Waals surface area contributed by atoms with E-state index in [0.29, 0.717) is 41.9 Å². The molecule has 3 aromatic carbocycles. The first-order valence-electron chi connectivity index (χ1n) is 13.0. The van der Waals surface area contributed by atoms with Crippen molar-refractivity contribution < 1.29 is 23.9 Å². The van der Waals surface area contributed by atoms with E-state index in [1.807, 2.05) is 60.7 Å². The van der Waals surface area contributed by atoms with E-state index in [1.165, 1.54) is 5.56 Å². The molecule has 1 fully saturated rings. The van der Waals surface area contributed by atoms with Gasteiger partial charge in [-0.05, 0) is 57.5 Å². The molecule has 1 unspecified atom stereocenters. The zero-order chi connectivity index (χ0) is 28.3. The van der Waals surface area contributed by atoms with Crippen LogP contribution in [0.5, 0.6) is 5.75 Å². The number of rotatable bonds is 10. The molecule has 1 saturated heterocycles. The van der Waals surface area contributed by atoms with Crippen LogP contribution in [0.1, 0.15) is 27.9 Å². The first-order valence-corrected chi connectivity index (χ1v) is 14.2. The molecule has 1 heterocycles. The number of piperazine rings is 1. The van der Waals surface area contributed by atoms with Crippen molar-refractivity contribution in [2.45, 2.75) is 25.3 Å². The number of carbonyl (C=O) groups excluding carboxylic acids is 3. The van der Waals surface area contributed by atoms with Crippen molar-refractivity contribution in [2.75, 3.05) is 26.3 Å². The fourth-order valence-corrected chi connectivity index (χ4v) is 5.03. The molecular weight excluding hydrogens is 594 g/mol. The predicted octanol–water partition coefficient (Wildman–Crippen LogP) is 4.06. The summed E-state index contributed by atoms with van der Waals surface area (Å²) >= 11 is 8.94. The van der Waals surface area contributed by atoms with Crippen LogP contribution in [-0.2, 0) is 27.2 Å². The van der Waals surface area contributed by atoms with Crippen molar-refractivity contribution in [2.24, 2.45) is 0 Å². The van der Waals surface area contributed by atoms with Gasteiger partial charge in [-0.3, -0.25) is 19.7 Å². The summed E-state index contributed by atoms with van der Waals surface area (Å²) in [4.78, 5) is 39.6. The lowest BCUT2D eigenvalue weighted by Crippen LogP contribution is -2.60. The van der Waals surface area contributed by atoms with Crippen molar-refractivity contribution in [1.29, 1.82) is 0 Å². The Morgan fingerprint density at radius 1 is 0.975 bits per heavy atom. The Morgan fingerprint density at radius 3 is 2.27 bits per heavy atom. The van der Waals surface area contributed by atoms with E-state index < -0.39 is 17.9 Å². The highest BCUT2D eigenvalue weighted by Gasteiger charge is 2.34. The van der Waals surface area contributed by atoms with Gasteiger partial charge >= 0.3 is 5.97 Å². The largest absolute Gasteiger partial charge is 0.492 e. The number of benzene rings is 3. The third kappa shape index (κ3) is 8.37. The van der Waals surface area contributed by atoms with Crippen molar-refractivity contribution >= 4 is 51.0 Å². The van der Waals surface area contributed by atoms with Gasteiger partial charge < -0.3 is 19.7 Å². The summed E-state index contributed by atoms with van der Waals surface area (Å²) in [6.45, 7) is 1.39. The van der Waals surface area contributed by atoms with Crippen molar-refractivity contribution in [3.05, 3.63) is 100 Å². The van der Waals surface area contributed by atoms with Gasteiger partial charge in [0.15, 0.2) is 5.11 Å². The van der Waals surface area contributed by atoms with E-state index in [9.17, 15) is 14.4 Å². The summed E-state index contributed by atoms with van der Waals surface area (Å²) in [6, 6.07) is 23.8. The summed E-state index contributed by atoms with van der Waals surface area (Å²) in [7, 11) is 0. The van der Waals surface area contributed by atoms with Crippen LogP contribution in [0.4, 0.5) is 0 Å². The molecule has 10 heteroatoms. The molecule has 1 atom stereocenters. The van der Waals surface area contributed by atoms with Gasteiger partial charge in [-0.25, -0.2) is 0 Å². The third-order valence-electron chi connectivity index (χ3n) is 6.35. The number of halogens is 1. The normalized spacial score (nSPS) is 14.7. The average molecular weight is 625 g/mol. The van der Waals surface area contributed by atoms with E-state index in [-0.39, 0.29) is 24.0 Å². The number of hydrogen-bond donors (Lipinski definition) is 2. The van der Waals surface area contributed by atoms with Crippen LogP contribution in [-0.4, -0.2) is 60.1 Å². The molecule has 40 heavy (non-hydrogen) atoms. The van der Waals surface area contributed by atoms with Gasteiger partial charge in [-0.15, -0.1) is 0 Å². The standard InChI is InChI=1S/C30H30BrN3O5S/c31-24-19-23(11-12-26(24)38-17-13-21-7-3-1-4-8-21)28(36)33-30(40)34-16-15-32-29(37)25(34)20-27(35)39-18-14-22-9-5-2-6-10-22/h1-12,19,25H,13-18,20H2,(H,32,37)(H,33,36,40). The lowest BCUT2D eigenvalue weighted by atomic mass is 10.1. The maximum Gasteiger partial charge on any atom is 0.308 e. The Balaban J connectivity index is 1.29. The van der Waals surface area contributed by atoms with E-state index in [0.717, 1.165) is 12.0 Å². The van der Waals surface area contributed by atoms with Gasteiger partial charge in [0, 0.05) is 31.5 Å². The van der Waals surface area contributed by atoms with Gasteiger partial charge in [0.2, 0.25) is 5.91 Å². The van der Waals surface area contributed by atoms with E-state index in [2.05, 4.69) is 26.6 Å². The minimum atomic E-state index is -0.877. The minimum absolute atomic E-state index is 0.0706. The lowest BCUT2D eigenvalue weighted by Gasteiger charge is -2.36. The minimum Gasteiger partial charge on any atom is -0.492 e. The number of nitrogens with one attached hydrogen (secondary N) is 2. The second-order valence-corrected chi connectivity index (χ2v) is 10.4. The number of esters is 1. The summed E-state index contributed by atoms with van der Waals surface area (Å²) in [5, 5.41) is 5.51. The van der Waals surface area contributed by atoms with Crippen LogP contribution >= 0.6 is 28.1 Å². The highest BCUT2D eigenvalue weighted by atomic mass is 79.9. The molecule has 2 amide bonds. The van der Waals surface area contributed by atoms with E-state index in [4.69, 9.17) is 21.7 Å². The molecule has 1 aliphatic rings. The molecule has 8 nitrogen and oxygen atoms in total. The quantitative estimate of drug-likeness (QED) is 0.260. The van der Waals surface area contributed by atoms with Crippen LogP contribution in [0, 0.1) is 0 Å². The fraction of sp³-hybridized carbons (Fsp3) is 0.267. The SMILES string of the molecule is O=C(CC1C(=O)NCCN1C(=S)NC(=O)c1ccc(OCCc2ccccc2)c(Br)c1)OCCc1ccccc1. The second kappa shape index (κ2) is 14.6. The Labute approximate surface area is 247 Å². The summed E-state index contributed by atoms with van der Waals surface area (Å²) in [6.07, 6.45) is 1.15. The number of carbonyl (C=O) groups is 3. The molecule has 1 aliphatic heterocycles. The van der Waals surface area contributed by atoms with Gasteiger partial charge in [-0.2, -0.15) is 0 Å². The predicted molar refractivity (Wildman–Crippen MR) is 159 cm³/mol. The van der Waals surface area contributed by atoms with Crippen LogP contribution in [0.2, 0.25) is 0 Å². The molecule has 2 N–H and O–H groups in total. The molecule has 0 aromatic heterocycles. The first kappa shape index (κ1) is 29.2. The number of amides is 2. The molecule has 0 aliphatic carbocycles. The van der Waals surface area contributed by atoms with E-state index in [1.54, 1.807) is 23.1 Å². The fourth-order valence-electron chi connectivity index (χ4n) is 4.23. The summed E-state index contributed by atoms with van der Waals surface area (Å²) < 4.78 is 11.9. The molecule has 4 rings (SSSR count). The highest BCUT2D eigenvalue weighted by Crippen LogP contribution is 2.26. The zero-order valence-corrected chi connectivity index (χ0v) is 24.2. The third-order valence-corrected chi connectivity index (χ3v) is 7.31. The van der Waals surface area contributed by atoms with Crippen LogP contribution in [0.25, 0.3) is 0 Å². The highest BCUT2D eigenvalue weighted by molar-refractivity contribution is 9.10. The molecule has 0 saturated carbocycles. The number of ether oxygens (including phenoxy) is 2. The van der Waals surface area contributed by atoms with Crippen molar-refractivity contribution in [3.63, 3.8) is 0 Å². The maximum absolute atomic E-state index is 13.0. The van der Waals surface area contributed by atoms with Gasteiger partial charge in [-0.1, -0.05) is 60.7 Å². The molecule has 208 valence electrons. The lowest BCUT2D eigenvalue weighted by molar-refractivity contribution is -0.147. The Morgan fingerprint density at radius 2 is 1.62 bits per heavy atom. The number of thiocarbonyl (C=S) groups is 1. The Kier molecular flexibility index (Phi) is 10.7. The van der Waals surface area contributed by atoms with Gasteiger partial charge in [0.05, 0.1) is 24.1 Å². The van der Waals surface area contributed by atoms with Crippen LogP contribution < -0.4 is 15.4 Å². The van der Waals surface area contributed by atoms with Gasteiger partial charge in [0.1, 0.15) is 11.8 Å². The summed E-state index contributed by atoms with van der Waals surface area (Å²) in [5.74, 6) is -0.670. The van der Waals surface area contributed by atoms with Crippen LogP contribution in [0.3, 0.4) is 0 Å². The van der Waals surface area contributed by atoms with Crippen molar-refractivity contribution in [3.8, 4) is 5.75 Å². The van der Waals surface area contributed by atoms with E-state index >= 15 is 0 Å². The molecule has 3 aromatic rings. The maximum atomic E-state index is 13.0. The van der Waals surface area contributed by atoms with Gasteiger partial charge in [0.25, 0.3) is 5.91 Å². The Hall–Kier alpha value is -3.76. The number of nitrogens with zero attached hydrogens (tertiary/aromatic N) is 1. The first-order chi connectivity index (χ1) is 19.4. The number of hydrogen-bond acceptors (Lipinski definition) is 6. The van der Waals surface area contributed by atoms with Crippen molar-refractivity contribution in [1.82, 2.24) is 15.5 Å². The molecular formula is C30H30BrN3O5S. The summed E-state index contributed by atoms with van der Waals surface area (Å²) in [5.41, 5.74) is 2.59. The molecule has 0 spiro atoms. The zero-order valence-electron chi connectivity index (χ0n) is 21.8.